The molecule has 0 amide bonds. The third-order valence-corrected chi connectivity index (χ3v) is 4.65. The standard InChI is InChI=1S/C13H24N2/c14-9-13(15-12-5-6-12)7-1-2-11(8-13)10-3-4-10/h10-12,15H,1-9,14H2. The van der Waals surface area contributed by atoms with Gasteiger partial charge in [-0.25, -0.2) is 0 Å². The van der Waals surface area contributed by atoms with Gasteiger partial charge in [-0.3, -0.25) is 0 Å². The minimum absolute atomic E-state index is 0.326. The van der Waals surface area contributed by atoms with Gasteiger partial charge >= 0.3 is 0 Å². The van der Waals surface area contributed by atoms with Gasteiger partial charge in [-0.2, -0.15) is 0 Å². The molecule has 0 radical (unpaired) electrons. The van der Waals surface area contributed by atoms with Crippen molar-refractivity contribution in [2.75, 3.05) is 6.54 Å². The van der Waals surface area contributed by atoms with Crippen LogP contribution in [0.1, 0.15) is 51.4 Å². The van der Waals surface area contributed by atoms with E-state index in [0.717, 1.165) is 24.4 Å². The van der Waals surface area contributed by atoms with Crippen LogP contribution in [0.15, 0.2) is 0 Å². The van der Waals surface area contributed by atoms with E-state index >= 15 is 0 Å². The minimum Gasteiger partial charge on any atom is -0.329 e. The Morgan fingerprint density at radius 2 is 1.87 bits per heavy atom. The van der Waals surface area contributed by atoms with Crippen LogP contribution in [0.5, 0.6) is 0 Å². The maximum Gasteiger partial charge on any atom is 0.0309 e. The van der Waals surface area contributed by atoms with E-state index in [2.05, 4.69) is 5.32 Å². The second-order valence-electron chi connectivity index (χ2n) is 6.10. The second kappa shape index (κ2) is 3.74. The number of nitrogens with two attached hydrogens (primary N) is 1. The normalized spacial score (nSPS) is 41.8. The molecule has 2 heteroatoms. The zero-order valence-corrected chi connectivity index (χ0v) is 9.67. The molecule has 3 saturated carbocycles. The lowest BCUT2D eigenvalue weighted by atomic mass is 9.73. The van der Waals surface area contributed by atoms with Crippen molar-refractivity contribution in [2.24, 2.45) is 17.6 Å². The third kappa shape index (κ3) is 2.21. The molecule has 0 heterocycles. The van der Waals surface area contributed by atoms with Crippen LogP contribution in [0.2, 0.25) is 0 Å². The van der Waals surface area contributed by atoms with Gasteiger partial charge in [0.15, 0.2) is 0 Å². The molecule has 0 aromatic heterocycles. The quantitative estimate of drug-likeness (QED) is 0.742. The summed E-state index contributed by atoms with van der Waals surface area (Å²) in [7, 11) is 0. The van der Waals surface area contributed by atoms with Crippen LogP contribution in [0.3, 0.4) is 0 Å². The molecule has 3 aliphatic rings. The second-order valence-corrected chi connectivity index (χ2v) is 6.10. The minimum atomic E-state index is 0.326. The molecule has 86 valence electrons. The van der Waals surface area contributed by atoms with Gasteiger partial charge in [0.1, 0.15) is 0 Å². The summed E-state index contributed by atoms with van der Waals surface area (Å²) in [5.41, 5.74) is 6.36. The Kier molecular flexibility index (Phi) is 2.52. The van der Waals surface area contributed by atoms with Crippen LogP contribution in [0.25, 0.3) is 0 Å². The number of rotatable bonds is 4. The monoisotopic (exact) mass is 208 g/mol. The van der Waals surface area contributed by atoms with Crippen LogP contribution in [-0.4, -0.2) is 18.1 Å². The van der Waals surface area contributed by atoms with Crippen molar-refractivity contribution >= 4 is 0 Å². The van der Waals surface area contributed by atoms with Crippen molar-refractivity contribution in [1.82, 2.24) is 5.32 Å². The zero-order chi connectivity index (χ0) is 10.3. The van der Waals surface area contributed by atoms with E-state index in [0.29, 0.717) is 5.54 Å². The van der Waals surface area contributed by atoms with Gasteiger partial charge in [-0.1, -0.05) is 12.8 Å². The first-order valence-electron chi connectivity index (χ1n) is 6.79. The summed E-state index contributed by atoms with van der Waals surface area (Å²) in [6.07, 6.45) is 11.3. The first-order valence-corrected chi connectivity index (χ1v) is 6.79. The lowest BCUT2D eigenvalue weighted by Crippen LogP contribution is -2.55. The van der Waals surface area contributed by atoms with E-state index in [9.17, 15) is 0 Å². The molecule has 2 unspecified atom stereocenters. The van der Waals surface area contributed by atoms with Crippen molar-refractivity contribution in [3.8, 4) is 0 Å². The highest BCUT2D eigenvalue weighted by Gasteiger charge is 2.43. The summed E-state index contributed by atoms with van der Waals surface area (Å²) in [6, 6.07) is 0.812. The maximum atomic E-state index is 6.03. The van der Waals surface area contributed by atoms with Gasteiger partial charge in [-0.15, -0.1) is 0 Å². The van der Waals surface area contributed by atoms with Crippen LogP contribution in [-0.2, 0) is 0 Å². The lowest BCUT2D eigenvalue weighted by molar-refractivity contribution is 0.168. The molecule has 0 spiro atoms. The van der Waals surface area contributed by atoms with Gasteiger partial charge in [-0.05, 0) is 50.4 Å². The average Bonchev–Trinajstić information content (AvgIpc) is 3.12. The summed E-state index contributed by atoms with van der Waals surface area (Å²) in [6.45, 7) is 0.854. The Balaban J connectivity index is 1.64. The molecule has 0 aromatic carbocycles. The smallest absolute Gasteiger partial charge is 0.0309 e. The number of hydrogen-bond donors (Lipinski definition) is 2. The Hall–Kier alpha value is -0.0800. The Bertz CT molecular complexity index is 233. The molecule has 2 atom stereocenters. The summed E-state index contributed by atoms with van der Waals surface area (Å²) >= 11 is 0. The third-order valence-electron chi connectivity index (χ3n) is 4.65. The van der Waals surface area contributed by atoms with Crippen molar-refractivity contribution in [1.29, 1.82) is 0 Å². The highest BCUT2D eigenvalue weighted by Crippen LogP contribution is 2.46. The maximum absolute atomic E-state index is 6.03. The van der Waals surface area contributed by atoms with E-state index in [-0.39, 0.29) is 0 Å². The molecule has 0 saturated heterocycles. The van der Waals surface area contributed by atoms with Crippen LogP contribution in [0.4, 0.5) is 0 Å². The number of nitrogens with one attached hydrogen (secondary N) is 1. The van der Waals surface area contributed by atoms with Gasteiger partial charge in [0.2, 0.25) is 0 Å². The number of hydrogen-bond acceptors (Lipinski definition) is 2. The Labute approximate surface area is 93.0 Å². The fourth-order valence-corrected chi connectivity index (χ4v) is 3.41. The van der Waals surface area contributed by atoms with E-state index < -0.39 is 0 Å². The zero-order valence-electron chi connectivity index (χ0n) is 9.67. The van der Waals surface area contributed by atoms with Gasteiger partial charge in [0, 0.05) is 18.1 Å². The molecule has 0 aromatic rings. The first-order chi connectivity index (χ1) is 7.31. The fourth-order valence-electron chi connectivity index (χ4n) is 3.41. The molecule has 3 aliphatic carbocycles. The summed E-state index contributed by atoms with van der Waals surface area (Å²) in [5, 5.41) is 3.84. The summed E-state index contributed by atoms with van der Waals surface area (Å²) in [5.74, 6) is 2.06. The summed E-state index contributed by atoms with van der Waals surface area (Å²) < 4.78 is 0. The molecule has 3 N–H and O–H groups in total. The van der Waals surface area contributed by atoms with Gasteiger partial charge < -0.3 is 11.1 Å². The average molecular weight is 208 g/mol. The fraction of sp³-hybridized carbons (Fsp3) is 1.00. The molecule has 3 rings (SSSR count). The molecule has 15 heavy (non-hydrogen) atoms. The first kappa shape index (κ1) is 10.1. The van der Waals surface area contributed by atoms with Gasteiger partial charge in [0.05, 0.1) is 0 Å². The topological polar surface area (TPSA) is 38.0 Å². The van der Waals surface area contributed by atoms with Crippen LogP contribution >= 0.6 is 0 Å². The van der Waals surface area contributed by atoms with Crippen LogP contribution < -0.4 is 11.1 Å². The predicted molar refractivity (Wildman–Crippen MR) is 62.6 cm³/mol. The SMILES string of the molecule is NCC1(NC2CC2)CCCC(C2CC2)C1. The van der Waals surface area contributed by atoms with E-state index in [1.807, 2.05) is 0 Å². The van der Waals surface area contributed by atoms with E-state index in [1.54, 1.807) is 0 Å². The Morgan fingerprint density at radius 3 is 2.47 bits per heavy atom. The highest BCUT2D eigenvalue weighted by molar-refractivity contribution is 5.01. The van der Waals surface area contributed by atoms with Crippen molar-refractivity contribution in [2.45, 2.75) is 62.9 Å². The lowest BCUT2D eigenvalue weighted by Gasteiger charge is -2.41. The largest absolute Gasteiger partial charge is 0.329 e. The van der Waals surface area contributed by atoms with E-state index in [4.69, 9.17) is 5.73 Å². The van der Waals surface area contributed by atoms with Crippen molar-refractivity contribution < 1.29 is 0 Å². The molecule has 0 bridgehead atoms. The molecular formula is C13H24N2. The van der Waals surface area contributed by atoms with E-state index in [1.165, 1.54) is 51.4 Å². The van der Waals surface area contributed by atoms with Gasteiger partial charge in [0.25, 0.3) is 0 Å². The molecular weight excluding hydrogens is 184 g/mol. The van der Waals surface area contributed by atoms with Crippen LogP contribution in [0, 0.1) is 11.8 Å². The predicted octanol–water partition coefficient (Wildman–Crippen LogP) is 2.04. The van der Waals surface area contributed by atoms with Crippen molar-refractivity contribution in [3.05, 3.63) is 0 Å². The summed E-state index contributed by atoms with van der Waals surface area (Å²) in [4.78, 5) is 0. The van der Waals surface area contributed by atoms with Crippen molar-refractivity contribution in [3.63, 3.8) is 0 Å². The Morgan fingerprint density at radius 1 is 1.07 bits per heavy atom. The highest BCUT2D eigenvalue weighted by atomic mass is 15.1. The molecule has 2 nitrogen and oxygen atoms in total. The molecule has 3 fully saturated rings. The molecule has 0 aliphatic heterocycles.